The van der Waals surface area contributed by atoms with E-state index in [0.717, 1.165) is 16.7 Å². The highest BCUT2D eigenvalue weighted by Crippen LogP contribution is 2.17. The lowest BCUT2D eigenvalue weighted by atomic mass is 9.99. The Hall–Kier alpha value is -2.37. The number of aryl methyl sites for hydroxylation is 3. The lowest BCUT2D eigenvalue weighted by Gasteiger charge is -2.14. The molecule has 0 radical (unpaired) electrons. The minimum atomic E-state index is -0.796. The SMILES string of the molecule is COC(=O)/N=C(\NC(=O)OC)c1c(C)cc(C)cc1C. The van der Waals surface area contributed by atoms with E-state index in [0.29, 0.717) is 5.56 Å². The van der Waals surface area contributed by atoms with Crippen molar-refractivity contribution in [1.82, 2.24) is 5.32 Å². The second-order valence-corrected chi connectivity index (χ2v) is 4.32. The van der Waals surface area contributed by atoms with E-state index in [2.05, 4.69) is 19.8 Å². The number of benzene rings is 1. The number of nitrogens with zero attached hydrogens (tertiary/aromatic N) is 1. The lowest BCUT2D eigenvalue weighted by Crippen LogP contribution is -2.33. The fourth-order valence-corrected chi connectivity index (χ4v) is 1.98. The molecule has 6 nitrogen and oxygen atoms in total. The summed E-state index contributed by atoms with van der Waals surface area (Å²) in [6.07, 6.45) is -1.50. The van der Waals surface area contributed by atoms with Gasteiger partial charge in [0.25, 0.3) is 0 Å². The van der Waals surface area contributed by atoms with Crippen molar-refractivity contribution in [3.63, 3.8) is 0 Å². The predicted molar refractivity (Wildman–Crippen MR) is 75.1 cm³/mol. The number of amides is 2. The highest BCUT2D eigenvalue weighted by molar-refractivity contribution is 6.11. The summed E-state index contributed by atoms with van der Waals surface area (Å²) in [5, 5.41) is 2.44. The van der Waals surface area contributed by atoms with Crippen LogP contribution in [0.5, 0.6) is 0 Å². The second kappa shape index (κ2) is 6.70. The second-order valence-electron chi connectivity index (χ2n) is 4.32. The van der Waals surface area contributed by atoms with Crippen LogP contribution in [0.25, 0.3) is 0 Å². The summed E-state index contributed by atoms with van der Waals surface area (Å²) in [5.74, 6) is 0.110. The van der Waals surface area contributed by atoms with Gasteiger partial charge in [-0.1, -0.05) is 17.7 Å². The Morgan fingerprint density at radius 3 is 2.05 bits per heavy atom. The highest BCUT2D eigenvalue weighted by Gasteiger charge is 2.16. The van der Waals surface area contributed by atoms with Crippen molar-refractivity contribution in [1.29, 1.82) is 0 Å². The van der Waals surface area contributed by atoms with Crippen LogP contribution in [0.2, 0.25) is 0 Å². The fraction of sp³-hybridized carbons (Fsp3) is 0.357. The summed E-state index contributed by atoms with van der Waals surface area (Å²) in [5.41, 5.74) is 3.54. The van der Waals surface area contributed by atoms with E-state index < -0.39 is 12.2 Å². The number of ether oxygens (including phenoxy) is 2. The van der Waals surface area contributed by atoms with Gasteiger partial charge in [-0.2, -0.15) is 4.99 Å². The predicted octanol–water partition coefficient (Wildman–Crippen LogP) is 2.48. The molecule has 0 unspecified atom stereocenters. The van der Waals surface area contributed by atoms with Gasteiger partial charge in [0.15, 0.2) is 5.84 Å². The number of aliphatic imine (C=N–C) groups is 1. The molecule has 2 amide bonds. The maximum Gasteiger partial charge on any atom is 0.435 e. The summed E-state index contributed by atoms with van der Waals surface area (Å²) in [6, 6.07) is 3.88. The zero-order chi connectivity index (χ0) is 15.3. The van der Waals surface area contributed by atoms with E-state index in [1.807, 2.05) is 32.9 Å². The van der Waals surface area contributed by atoms with Crippen molar-refractivity contribution in [3.8, 4) is 0 Å². The van der Waals surface area contributed by atoms with E-state index in [9.17, 15) is 9.59 Å². The standard InChI is InChI=1S/C14H18N2O4/c1-8-6-9(2)11(10(3)7-8)12(15-13(17)19-4)16-14(18)20-5/h6-7H,1-5H3,(H,15,16,17,18). The van der Waals surface area contributed by atoms with Crippen molar-refractivity contribution >= 4 is 18.0 Å². The van der Waals surface area contributed by atoms with E-state index in [1.165, 1.54) is 14.2 Å². The van der Waals surface area contributed by atoms with Crippen LogP contribution < -0.4 is 5.32 Å². The fourth-order valence-electron chi connectivity index (χ4n) is 1.98. The van der Waals surface area contributed by atoms with Crippen LogP contribution in [-0.2, 0) is 9.47 Å². The minimum Gasteiger partial charge on any atom is -0.453 e. The molecule has 0 saturated carbocycles. The Morgan fingerprint density at radius 1 is 1.05 bits per heavy atom. The Balaban J connectivity index is 3.34. The molecule has 0 saturated heterocycles. The van der Waals surface area contributed by atoms with E-state index in [-0.39, 0.29) is 5.84 Å². The van der Waals surface area contributed by atoms with Gasteiger partial charge in [0.05, 0.1) is 14.2 Å². The van der Waals surface area contributed by atoms with Gasteiger partial charge in [-0.15, -0.1) is 0 Å². The number of methoxy groups -OCH3 is 2. The van der Waals surface area contributed by atoms with Crippen molar-refractivity contribution in [2.45, 2.75) is 20.8 Å². The molecule has 0 heterocycles. The van der Waals surface area contributed by atoms with Crippen molar-refractivity contribution < 1.29 is 19.1 Å². The smallest absolute Gasteiger partial charge is 0.435 e. The highest BCUT2D eigenvalue weighted by atomic mass is 16.5. The number of hydrogen-bond acceptors (Lipinski definition) is 4. The van der Waals surface area contributed by atoms with E-state index >= 15 is 0 Å². The van der Waals surface area contributed by atoms with Crippen LogP contribution in [0.4, 0.5) is 9.59 Å². The van der Waals surface area contributed by atoms with E-state index in [1.54, 1.807) is 0 Å². The third-order valence-electron chi connectivity index (χ3n) is 2.70. The monoisotopic (exact) mass is 278 g/mol. The molecular formula is C14H18N2O4. The molecule has 0 aliphatic rings. The molecule has 0 atom stereocenters. The molecule has 0 aliphatic heterocycles. The molecule has 1 rings (SSSR count). The molecule has 1 aromatic carbocycles. The topological polar surface area (TPSA) is 77.0 Å². The van der Waals surface area contributed by atoms with Crippen LogP contribution in [0.1, 0.15) is 22.3 Å². The van der Waals surface area contributed by atoms with Crippen molar-refractivity contribution in [3.05, 3.63) is 34.4 Å². The quantitative estimate of drug-likeness (QED) is 0.632. The van der Waals surface area contributed by atoms with Crippen LogP contribution in [0.3, 0.4) is 0 Å². The molecule has 0 aromatic heterocycles. The molecular weight excluding hydrogens is 260 g/mol. The summed E-state index contributed by atoms with van der Waals surface area (Å²) in [6.45, 7) is 5.72. The lowest BCUT2D eigenvalue weighted by molar-refractivity contribution is 0.176. The van der Waals surface area contributed by atoms with Crippen LogP contribution in [0, 0.1) is 20.8 Å². The Morgan fingerprint density at radius 2 is 1.60 bits per heavy atom. The average Bonchev–Trinajstić information content (AvgIpc) is 2.36. The first-order valence-corrected chi connectivity index (χ1v) is 5.98. The number of carbonyl (C=O) groups is 2. The number of alkyl carbamates (subject to hydrolysis) is 1. The van der Waals surface area contributed by atoms with Gasteiger partial charge in [0.1, 0.15) is 0 Å². The molecule has 1 aromatic rings. The zero-order valence-corrected chi connectivity index (χ0v) is 12.2. The van der Waals surface area contributed by atoms with Gasteiger partial charge < -0.3 is 9.47 Å². The number of nitrogens with one attached hydrogen (secondary N) is 1. The van der Waals surface area contributed by atoms with E-state index in [4.69, 9.17) is 0 Å². The Kier molecular flexibility index (Phi) is 5.25. The van der Waals surface area contributed by atoms with Gasteiger partial charge >= 0.3 is 12.2 Å². The summed E-state index contributed by atoms with van der Waals surface area (Å²) >= 11 is 0. The van der Waals surface area contributed by atoms with Gasteiger partial charge in [0.2, 0.25) is 0 Å². The minimum absolute atomic E-state index is 0.110. The Labute approximate surface area is 117 Å². The molecule has 0 bridgehead atoms. The van der Waals surface area contributed by atoms with Crippen molar-refractivity contribution in [2.24, 2.45) is 4.99 Å². The van der Waals surface area contributed by atoms with Crippen LogP contribution in [0.15, 0.2) is 17.1 Å². The number of carbonyl (C=O) groups excluding carboxylic acids is 2. The molecule has 20 heavy (non-hydrogen) atoms. The van der Waals surface area contributed by atoms with Crippen LogP contribution >= 0.6 is 0 Å². The normalized spacial score (nSPS) is 10.9. The van der Waals surface area contributed by atoms with Crippen molar-refractivity contribution in [2.75, 3.05) is 14.2 Å². The van der Waals surface area contributed by atoms with Gasteiger partial charge in [-0.25, -0.2) is 9.59 Å². The number of hydrogen-bond donors (Lipinski definition) is 1. The van der Waals surface area contributed by atoms with Gasteiger partial charge in [-0.3, -0.25) is 5.32 Å². The maximum absolute atomic E-state index is 11.4. The third kappa shape index (κ3) is 3.81. The summed E-state index contributed by atoms with van der Waals surface area (Å²) in [7, 11) is 2.45. The molecule has 6 heteroatoms. The molecule has 0 spiro atoms. The number of rotatable bonds is 1. The summed E-state index contributed by atoms with van der Waals surface area (Å²) < 4.78 is 9.04. The Bertz CT molecular complexity index is 541. The first-order chi connectivity index (χ1) is 9.38. The maximum atomic E-state index is 11.4. The molecule has 0 fully saturated rings. The first kappa shape index (κ1) is 15.7. The number of amidine groups is 1. The molecule has 108 valence electrons. The molecule has 0 aliphatic carbocycles. The van der Waals surface area contributed by atoms with Gasteiger partial charge in [-0.05, 0) is 31.9 Å². The largest absolute Gasteiger partial charge is 0.453 e. The van der Waals surface area contributed by atoms with Gasteiger partial charge in [0, 0.05) is 5.56 Å². The first-order valence-electron chi connectivity index (χ1n) is 5.98. The summed E-state index contributed by atoms with van der Waals surface area (Å²) in [4.78, 5) is 26.5. The average molecular weight is 278 g/mol. The molecule has 1 N–H and O–H groups in total. The zero-order valence-electron chi connectivity index (χ0n) is 12.2. The third-order valence-corrected chi connectivity index (χ3v) is 2.70. The van der Waals surface area contributed by atoms with Crippen LogP contribution in [-0.4, -0.2) is 32.2 Å².